The third-order valence-electron chi connectivity index (χ3n) is 9.70. The number of anilines is 4. The van der Waals surface area contributed by atoms with Crippen LogP contribution < -0.4 is 15.0 Å². The van der Waals surface area contributed by atoms with Gasteiger partial charge in [0.2, 0.25) is 0 Å². The molecule has 6 rings (SSSR count). The van der Waals surface area contributed by atoms with Crippen LogP contribution in [0.3, 0.4) is 0 Å². The summed E-state index contributed by atoms with van der Waals surface area (Å²) < 4.78 is 21.7. The van der Waals surface area contributed by atoms with E-state index >= 15 is 0 Å². The van der Waals surface area contributed by atoms with Crippen LogP contribution >= 0.6 is 22.7 Å². The Bertz CT molecular complexity index is 2160. The van der Waals surface area contributed by atoms with Crippen molar-refractivity contribution >= 4 is 60.8 Å². The van der Waals surface area contributed by atoms with E-state index in [4.69, 9.17) is 4.74 Å². The van der Waals surface area contributed by atoms with Gasteiger partial charge in [-0.1, -0.05) is 42.2 Å². The summed E-state index contributed by atoms with van der Waals surface area (Å²) in [4.78, 5) is 28.8. The van der Waals surface area contributed by atoms with Crippen molar-refractivity contribution in [2.75, 3.05) is 83.8 Å². The van der Waals surface area contributed by atoms with E-state index in [9.17, 15) is 14.3 Å². The zero-order valence-electron chi connectivity index (χ0n) is 33.5. The number of carboxylic acid groups (broad SMARTS) is 1. The second-order valence-electron chi connectivity index (χ2n) is 14.4. The number of hydrogen-bond donors (Lipinski definition) is 2. The summed E-state index contributed by atoms with van der Waals surface area (Å²) in [6, 6.07) is 14.8. The number of hydrazine groups is 1. The Kier molecular flexibility index (Phi) is 14.4. The van der Waals surface area contributed by atoms with Crippen LogP contribution in [0.2, 0.25) is 0 Å². The number of hydrogen-bond acceptors (Lipinski definition) is 14. The zero-order chi connectivity index (χ0) is 40.5. The molecule has 3 aromatic heterocycles. The number of thiazole rings is 2. The fourth-order valence-corrected chi connectivity index (χ4v) is 8.56. The highest BCUT2D eigenvalue weighted by Crippen LogP contribution is 2.35. The maximum Gasteiger partial charge on any atom is 0.355 e. The van der Waals surface area contributed by atoms with Gasteiger partial charge in [0.1, 0.15) is 0 Å². The lowest BCUT2D eigenvalue weighted by atomic mass is 10.2. The van der Waals surface area contributed by atoms with Gasteiger partial charge in [-0.3, -0.25) is 4.90 Å². The van der Waals surface area contributed by atoms with Gasteiger partial charge in [0.15, 0.2) is 39.2 Å². The molecule has 1 fully saturated rings. The lowest BCUT2D eigenvalue weighted by molar-refractivity contribution is -0.0768. The van der Waals surface area contributed by atoms with Gasteiger partial charge in [0.05, 0.1) is 23.4 Å². The van der Waals surface area contributed by atoms with Crippen molar-refractivity contribution in [3.63, 3.8) is 0 Å². The van der Waals surface area contributed by atoms with Crippen molar-refractivity contribution in [3.05, 3.63) is 76.0 Å². The number of rotatable bonds is 17. The quantitative estimate of drug-likeness (QED) is 0.0760. The van der Waals surface area contributed by atoms with Crippen molar-refractivity contribution in [3.8, 4) is 17.6 Å². The second-order valence-corrected chi connectivity index (χ2v) is 16.5. The van der Waals surface area contributed by atoms with Crippen LogP contribution in [0.25, 0.3) is 10.2 Å². The average molecular weight is 815 g/mol. The minimum Gasteiger partial charge on any atom is -0.491 e. The number of benzene rings is 2. The predicted molar refractivity (Wildman–Crippen MR) is 227 cm³/mol. The van der Waals surface area contributed by atoms with Crippen molar-refractivity contribution < 1.29 is 19.0 Å². The van der Waals surface area contributed by atoms with E-state index in [0.717, 1.165) is 60.1 Å². The number of aryl methyl sites for hydroxylation is 2. The molecule has 2 aromatic carbocycles. The molecule has 1 unspecified atom stereocenters. The first-order chi connectivity index (χ1) is 27.5. The topological polar surface area (TPSA) is 126 Å². The first kappa shape index (κ1) is 41.9. The maximum absolute atomic E-state index is 14.8. The number of para-hydroxylation sites is 1. The number of fused-ring (bicyclic) bond motifs is 1. The van der Waals surface area contributed by atoms with Crippen LogP contribution in [-0.2, 0) is 6.42 Å². The minimum absolute atomic E-state index is 0.00805. The summed E-state index contributed by atoms with van der Waals surface area (Å²) in [7, 11) is 6.00. The van der Waals surface area contributed by atoms with Crippen molar-refractivity contribution in [1.82, 2.24) is 40.0 Å². The molecule has 5 aromatic rings. The van der Waals surface area contributed by atoms with Gasteiger partial charge in [0, 0.05) is 55.8 Å². The van der Waals surface area contributed by atoms with Crippen LogP contribution in [0, 0.1) is 24.6 Å². The summed E-state index contributed by atoms with van der Waals surface area (Å²) in [5.41, 5.74) is 2.34. The number of carboxylic acids is 1. The van der Waals surface area contributed by atoms with Gasteiger partial charge in [-0.15, -0.1) is 21.5 Å². The predicted octanol–water partition coefficient (Wildman–Crippen LogP) is 6.76. The molecule has 0 aliphatic carbocycles. The monoisotopic (exact) mass is 814 g/mol. The molecule has 302 valence electrons. The van der Waals surface area contributed by atoms with Crippen molar-refractivity contribution in [1.29, 1.82) is 0 Å². The second kappa shape index (κ2) is 19.6. The first-order valence-electron chi connectivity index (χ1n) is 19.2. The maximum atomic E-state index is 14.8. The number of aromatic nitrogens is 4. The number of ether oxygens (including phenoxy) is 1. The molecule has 57 heavy (non-hydrogen) atoms. The summed E-state index contributed by atoms with van der Waals surface area (Å²) in [5, 5.41) is 28.9. The molecular formula is C41H51FN10O3S2. The minimum atomic E-state index is -1.11. The highest BCUT2D eigenvalue weighted by Gasteiger charge is 2.27. The Labute approximate surface area is 342 Å². The van der Waals surface area contributed by atoms with Crippen LogP contribution in [-0.4, -0.2) is 131 Å². The van der Waals surface area contributed by atoms with Crippen molar-refractivity contribution in [2.24, 2.45) is 0 Å². The molecule has 1 atom stereocenters. The number of likely N-dealkylation sites (N-methyl/N-ethyl adjacent to an activating group) is 1. The van der Waals surface area contributed by atoms with Crippen LogP contribution in [0.5, 0.6) is 5.75 Å². The fraction of sp³-hybridized carbons (Fsp3) is 0.439. The van der Waals surface area contributed by atoms with Crippen molar-refractivity contribution in [2.45, 2.75) is 46.1 Å². The van der Waals surface area contributed by atoms with Crippen LogP contribution in [0.15, 0.2) is 48.5 Å². The summed E-state index contributed by atoms with van der Waals surface area (Å²) in [5.74, 6) is 5.66. The molecule has 2 N–H and O–H groups in total. The van der Waals surface area contributed by atoms with E-state index in [-0.39, 0.29) is 24.1 Å². The Hall–Kier alpha value is -4.76. The number of halogens is 1. The van der Waals surface area contributed by atoms with Gasteiger partial charge in [-0.2, -0.15) is 0 Å². The smallest absolute Gasteiger partial charge is 0.355 e. The molecule has 16 heteroatoms. The molecule has 1 saturated heterocycles. The van der Waals surface area contributed by atoms with Gasteiger partial charge in [-0.05, 0) is 96.2 Å². The molecule has 1 aliphatic rings. The van der Waals surface area contributed by atoms with Crippen LogP contribution in [0.1, 0.15) is 53.2 Å². The van der Waals surface area contributed by atoms with Crippen LogP contribution in [0.4, 0.5) is 26.3 Å². The van der Waals surface area contributed by atoms with Gasteiger partial charge >= 0.3 is 5.97 Å². The van der Waals surface area contributed by atoms with E-state index in [2.05, 4.69) is 73.1 Å². The van der Waals surface area contributed by atoms with E-state index in [1.807, 2.05) is 61.2 Å². The normalized spacial score (nSPS) is 14.2. The third-order valence-corrected chi connectivity index (χ3v) is 11.8. The molecule has 0 saturated carbocycles. The Morgan fingerprint density at radius 1 is 1.09 bits per heavy atom. The fourth-order valence-electron chi connectivity index (χ4n) is 6.57. The molecule has 1 aliphatic heterocycles. The highest BCUT2D eigenvalue weighted by atomic mass is 32.1. The number of carbonyl (C=O) groups is 1. The van der Waals surface area contributed by atoms with E-state index < -0.39 is 11.8 Å². The van der Waals surface area contributed by atoms with E-state index in [1.54, 1.807) is 23.5 Å². The lowest BCUT2D eigenvalue weighted by Crippen LogP contribution is -2.55. The first-order valence-corrected chi connectivity index (χ1v) is 20.9. The lowest BCUT2D eigenvalue weighted by Gasteiger charge is -2.43. The molecular weight excluding hydrogens is 764 g/mol. The summed E-state index contributed by atoms with van der Waals surface area (Å²) in [6.07, 6.45) is 1.62. The third kappa shape index (κ3) is 11.0. The molecule has 0 radical (unpaired) electrons. The molecule has 0 spiro atoms. The summed E-state index contributed by atoms with van der Waals surface area (Å²) in [6.45, 7) is 12.5. The largest absolute Gasteiger partial charge is 0.491 e. The number of nitrogens with one attached hydrogen (secondary N) is 1. The van der Waals surface area contributed by atoms with Gasteiger partial charge < -0.3 is 25.0 Å². The molecule has 0 amide bonds. The SMILES string of the molecule is CCN(C(C)CCN(c1cc(C)c(Nc2nc3ccccc3s2)nn1)c1nc(C(=O)O)c(CCCOc2ccc(C#CCN(C)C)cc2F)s1)N1CCN(C)CC1. The van der Waals surface area contributed by atoms with Gasteiger partial charge in [-0.25, -0.2) is 29.2 Å². The average Bonchev–Trinajstić information content (AvgIpc) is 3.80. The molecule has 13 nitrogen and oxygen atoms in total. The zero-order valence-corrected chi connectivity index (χ0v) is 35.1. The number of piperazine rings is 1. The molecule has 4 heterocycles. The molecule has 0 bridgehead atoms. The number of nitrogens with zero attached hydrogens (tertiary/aromatic N) is 9. The standard InChI is InChI=1S/C41H51FN10O3S2/c1-7-52(50-23-21-49(6)22-24-50)29(3)18-20-51(36-26-28(2)38(47-46-36)45-40-43-32-13-8-9-14-34(32)56-40)41-44-37(39(53)54)35(57-41)15-11-25-55-33-17-16-30(27-31(33)42)12-10-19-48(4)5/h8-9,13-14,16-17,26-27,29H,7,11,15,18-25H2,1-6H3,(H,53,54)(H,43,45,47). The summed E-state index contributed by atoms with van der Waals surface area (Å²) >= 11 is 2.87. The Morgan fingerprint density at radius 2 is 1.88 bits per heavy atom. The Balaban J connectivity index is 1.20. The highest BCUT2D eigenvalue weighted by molar-refractivity contribution is 7.22. The number of aromatic carboxylic acids is 1. The van der Waals surface area contributed by atoms with E-state index in [1.165, 1.54) is 17.4 Å². The van der Waals surface area contributed by atoms with E-state index in [0.29, 0.717) is 53.1 Å². The van der Waals surface area contributed by atoms with Gasteiger partial charge in [0.25, 0.3) is 0 Å². The Morgan fingerprint density at radius 3 is 2.58 bits per heavy atom.